The summed E-state index contributed by atoms with van der Waals surface area (Å²) in [7, 11) is 1.87. The Labute approximate surface area is 127 Å². The maximum atomic E-state index is 11.9. The van der Waals surface area contributed by atoms with E-state index in [-0.39, 0.29) is 17.9 Å². The highest BCUT2D eigenvalue weighted by Gasteiger charge is 2.11. The fourth-order valence-corrected chi connectivity index (χ4v) is 2.16. The molecule has 0 aliphatic rings. The van der Waals surface area contributed by atoms with Crippen molar-refractivity contribution in [2.24, 2.45) is 7.05 Å². The zero-order chi connectivity index (χ0) is 16.3. The van der Waals surface area contributed by atoms with Crippen molar-refractivity contribution in [1.82, 2.24) is 24.9 Å². The third-order valence-electron chi connectivity index (χ3n) is 3.57. The van der Waals surface area contributed by atoms with Crippen molar-refractivity contribution in [3.05, 3.63) is 34.9 Å². The fourth-order valence-electron chi connectivity index (χ4n) is 2.16. The van der Waals surface area contributed by atoms with Crippen molar-refractivity contribution in [1.29, 1.82) is 0 Å². The van der Waals surface area contributed by atoms with Crippen LogP contribution >= 0.6 is 0 Å². The van der Waals surface area contributed by atoms with Crippen LogP contribution < -0.4 is 5.32 Å². The van der Waals surface area contributed by atoms with E-state index in [2.05, 4.69) is 15.5 Å². The Morgan fingerprint density at radius 2 is 2.09 bits per heavy atom. The van der Waals surface area contributed by atoms with Crippen molar-refractivity contribution in [2.45, 2.75) is 33.4 Å². The molecule has 0 aliphatic heterocycles. The summed E-state index contributed by atoms with van der Waals surface area (Å²) in [6, 6.07) is 0. The molecule has 0 atom stereocenters. The largest absolute Gasteiger partial charge is 0.478 e. The molecule has 0 radical (unpaired) electrons. The van der Waals surface area contributed by atoms with Gasteiger partial charge in [-0.1, -0.05) is 0 Å². The molecule has 2 N–H and O–H groups in total. The van der Waals surface area contributed by atoms with Gasteiger partial charge in [-0.25, -0.2) is 4.79 Å². The Balaban J connectivity index is 1.84. The van der Waals surface area contributed by atoms with Crippen LogP contribution in [0.4, 0.5) is 0 Å². The van der Waals surface area contributed by atoms with E-state index in [0.717, 1.165) is 17.0 Å². The van der Waals surface area contributed by atoms with Crippen molar-refractivity contribution in [2.75, 3.05) is 0 Å². The summed E-state index contributed by atoms with van der Waals surface area (Å²) < 4.78 is 3.23. The number of carbonyl (C=O) groups is 2. The maximum absolute atomic E-state index is 11.9. The third-order valence-corrected chi connectivity index (χ3v) is 3.57. The summed E-state index contributed by atoms with van der Waals surface area (Å²) >= 11 is 0. The minimum atomic E-state index is -1.03. The molecular formula is C14H19N5O3. The SMILES string of the molecule is Cc1nn(C)c(C)c1CNC(=O)CCn1cc(C(=O)O)cn1. The quantitative estimate of drug-likeness (QED) is 0.815. The molecular weight excluding hydrogens is 286 g/mol. The number of amides is 1. The molecule has 0 unspecified atom stereocenters. The van der Waals surface area contributed by atoms with E-state index in [9.17, 15) is 9.59 Å². The molecule has 0 saturated heterocycles. The lowest BCUT2D eigenvalue weighted by atomic mass is 10.2. The van der Waals surface area contributed by atoms with E-state index < -0.39 is 5.97 Å². The summed E-state index contributed by atoms with van der Waals surface area (Å²) in [6.07, 6.45) is 2.91. The number of hydrogen-bond donors (Lipinski definition) is 2. The average Bonchev–Trinajstić information content (AvgIpc) is 3.02. The number of hydrogen-bond acceptors (Lipinski definition) is 4. The van der Waals surface area contributed by atoms with Gasteiger partial charge in [0, 0.05) is 44.0 Å². The monoisotopic (exact) mass is 305 g/mol. The molecule has 1 amide bonds. The van der Waals surface area contributed by atoms with Gasteiger partial charge in [0.25, 0.3) is 0 Å². The Morgan fingerprint density at radius 3 is 2.64 bits per heavy atom. The lowest BCUT2D eigenvalue weighted by Crippen LogP contribution is -2.24. The van der Waals surface area contributed by atoms with E-state index >= 15 is 0 Å². The molecule has 0 aromatic carbocycles. The number of carboxylic acid groups (broad SMARTS) is 1. The van der Waals surface area contributed by atoms with Crippen LogP contribution in [0.15, 0.2) is 12.4 Å². The third kappa shape index (κ3) is 3.51. The van der Waals surface area contributed by atoms with Crippen molar-refractivity contribution < 1.29 is 14.7 Å². The van der Waals surface area contributed by atoms with Crippen LogP contribution in [-0.2, 0) is 24.9 Å². The molecule has 8 nitrogen and oxygen atoms in total. The molecule has 118 valence electrons. The van der Waals surface area contributed by atoms with Gasteiger partial charge in [0.2, 0.25) is 5.91 Å². The van der Waals surface area contributed by atoms with E-state index in [1.165, 1.54) is 17.1 Å². The Kier molecular flexibility index (Phi) is 4.59. The van der Waals surface area contributed by atoms with Crippen LogP contribution in [0.1, 0.15) is 33.7 Å². The summed E-state index contributed by atoms with van der Waals surface area (Å²) in [4.78, 5) is 22.6. The highest BCUT2D eigenvalue weighted by molar-refractivity contribution is 5.86. The molecule has 2 aromatic heterocycles. The smallest absolute Gasteiger partial charge is 0.338 e. The van der Waals surface area contributed by atoms with Crippen molar-refractivity contribution in [3.63, 3.8) is 0 Å². The second kappa shape index (κ2) is 6.42. The number of rotatable bonds is 6. The van der Waals surface area contributed by atoms with Gasteiger partial charge in [0.15, 0.2) is 0 Å². The second-order valence-corrected chi connectivity index (χ2v) is 5.10. The topological polar surface area (TPSA) is 102 Å². The van der Waals surface area contributed by atoms with Crippen molar-refractivity contribution in [3.8, 4) is 0 Å². The summed E-state index contributed by atoms with van der Waals surface area (Å²) in [5.41, 5.74) is 3.06. The van der Waals surface area contributed by atoms with Gasteiger partial charge < -0.3 is 10.4 Å². The number of nitrogens with one attached hydrogen (secondary N) is 1. The van der Waals surface area contributed by atoms with Crippen LogP contribution in [-0.4, -0.2) is 36.5 Å². The van der Waals surface area contributed by atoms with Crippen LogP contribution in [0, 0.1) is 13.8 Å². The average molecular weight is 305 g/mol. The van der Waals surface area contributed by atoms with Gasteiger partial charge in [0.1, 0.15) is 0 Å². The molecule has 2 aromatic rings. The number of aryl methyl sites for hydroxylation is 3. The van der Waals surface area contributed by atoms with Crippen LogP contribution in [0.2, 0.25) is 0 Å². The molecule has 0 fully saturated rings. The Morgan fingerprint density at radius 1 is 1.36 bits per heavy atom. The van der Waals surface area contributed by atoms with E-state index in [1.54, 1.807) is 4.68 Å². The first-order valence-corrected chi connectivity index (χ1v) is 6.90. The molecule has 2 heterocycles. The first kappa shape index (κ1) is 15.7. The van der Waals surface area contributed by atoms with E-state index in [0.29, 0.717) is 13.1 Å². The predicted octanol–water partition coefficient (Wildman–Crippen LogP) is 0.638. The first-order chi connectivity index (χ1) is 10.4. The highest BCUT2D eigenvalue weighted by atomic mass is 16.4. The Hall–Kier alpha value is -2.64. The maximum Gasteiger partial charge on any atom is 0.338 e. The van der Waals surface area contributed by atoms with Gasteiger partial charge in [-0.3, -0.25) is 14.2 Å². The molecule has 0 aliphatic carbocycles. The standard InChI is InChI=1S/C14H19N5O3/c1-9-12(10(2)18(3)17-9)7-15-13(20)4-5-19-8-11(6-16-19)14(21)22/h6,8H,4-5,7H2,1-3H3,(H,15,20)(H,21,22). The fraction of sp³-hybridized carbons (Fsp3) is 0.429. The van der Waals surface area contributed by atoms with Gasteiger partial charge >= 0.3 is 5.97 Å². The van der Waals surface area contributed by atoms with Crippen LogP contribution in [0.5, 0.6) is 0 Å². The van der Waals surface area contributed by atoms with Gasteiger partial charge in [-0.2, -0.15) is 10.2 Å². The van der Waals surface area contributed by atoms with E-state index in [1.807, 2.05) is 20.9 Å². The first-order valence-electron chi connectivity index (χ1n) is 6.90. The summed E-state index contributed by atoms with van der Waals surface area (Å²) in [6.45, 7) is 4.64. The number of carboxylic acids is 1. The lowest BCUT2D eigenvalue weighted by molar-refractivity contribution is -0.121. The predicted molar refractivity (Wildman–Crippen MR) is 78.3 cm³/mol. The number of nitrogens with zero attached hydrogens (tertiary/aromatic N) is 4. The van der Waals surface area contributed by atoms with Crippen LogP contribution in [0.25, 0.3) is 0 Å². The molecule has 0 spiro atoms. The molecule has 2 rings (SSSR count). The highest BCUT2D eigenvalue weighted by Crippen LogP contribution is 2.11. The van der Waals surface area contributed by atoms with Gasteiger partial charge in [-0.05, 0) is 13.8 Å². The normalized spacial score (nSPS) is 10.7. The van der Waals surface area contributed by atoms with Crippen molar-refractivity contribution >= 4 is 11.9 Å². The second-order valence-electron chi connectivity index (χ2n) is 5.10. The molecule has 0 bridgehead atoms. The van der Waals surface area contributed by atoms with Gasteiger partial charge in [-0.15, -0.1) is 0 Å². The number of aromatic carboxylic acids is 1. The minimum Gasteiger partial charge on any atom is -0.478 e. The summed E-state index contributed by atoms with van der Waals surface area (Å²) in [5, 5.41) is 19.8. The molecule has 22 heavy (non-hydrogen) atoms. The number of carbonyl (C=O) groups excluding carboxylic acids is 1. The number of aromatic nitrogens is 4. The van der Waals surface area contributed by atoms with E-state index in [4.69, 9.17) is 5.11 Å². The molecule has 0 saturated carbocycles. The lowest BCUT2D eigenvalue weighted by Gasteiger charge is -2.06. The Bertz CT molecular complexity index is 701. The van der Waals surface area contributed by atoms with Gasteiger partial charge in [0.05, 0.1) is 17.5 Å². The zero-order valence-corrected chi connectivity index (χ0v) is 12.8. The minimum absolute atomic E-state index is 0.113. The zero-order valence-electron chi connectivity index (χ0n) is 12.8. The molecule has 8 heteroatoms. The summed E-state index contributed by atoms with van der Waals surface area (Å²) in [5.74, 6) is -1.15. The van der Waals surface area contributed by atoms with Crippen LogP contribution in [0.3, 0.4) is 0 Å².